The SMILES string of the molecule is CC(NS(=O)(=O)c1ccc(C#N)nc1)c1ccc(N)cc1. The van der Waals surface area contributed by atoms with E-state index in [-0.39, 0.29) is 10.6 Å². The highest BCUT2D eigenvalue weighted by Crippen LogP contribution is 2.17. The van der Waals surface area contributed by atoms with E-state index in [4.69, 9.17) is 11.0 Å². The number of nitrogens with two attached hydrogens (primary N) is 1. The van der Waals surface area contributed by atoms with Crippen LogP contribution in [0.4, 0.5) is 5.69 Å². The van der Waals surface area contributed by atoms with Gasteiger partial charge in [0.2, 0.25) is 10.0 Å². The molecule has 0 aliphatic carbocycles. The number of rotatable bonds is 4. The zero-order valence-corrected chi connectivity index (χ0v) is 12.1. The summed E-state index contributed by atoms with van der Waals surface area (Å²) in [4.78, 5) is 3.78. The van der Waals surface area contributed by atoms with E-state index in [1.54, 1.807) is 31.2 Å². The summed E-state index contributed by atoms with van der Waals surface area (Å²) in [5.74, 6) is 0. The van der Waals surface area contributed by atoms with Crippen molar-refractivity contribution >= 4 is 15.7 Å². The lowest BCUT2D eigenvalue weighted by molar-refractivity contribution is 0.566. The first-order valence-corrected chi connectivity index (χ1v) is 7.64. The molecule has 0 saturated heterocycles. The number of hydrogen-bond acceptors (Lipinski definition) is 5. The van der Waals surface area contributed by atoms with Gasteiger partial charge in [-0.05, 0) is 36.8 Å². The first-order chi connectivity index (χ1) is 9.92. The Bertz CT molecular complexity index is 762. The van der Waals surface area contributed by atoms with Crippen molar-refractivity contribution in [3.63, 3.8) is 0 Å². The molecule has 108 valence electrons. The maximum atomic E-state index is 12.2. The van der Waals surface area contributed by atoms with Crippen molar-refractivity contribution in [2.45, 2.75) is 17.9 Å². The molecule has 0 fully saturated rings. The van der Waals surface area contributed by atoms with Gasteiger partial charge in [-0.2, -0.15) is 5.26 Å². The molecule has 0 aliphatic heterocycles. The lowest BCUT2D eigenvalue weighted by Gasteiger charge is -2.14. The van der Waals surface area contributed by atoms with Crippen molar-refractivity contribution in [1.82, 2.24) is 9.71 Å². The van der Waals surface area contributed by atoms with E-state index >= 15 is 0 Å². The van der Waals surface area contributed by atoms with Gasteiger partial charge < -0.3 is 5.73 Å². The van der Waals surface area contributed by atoms with E-state index in [2.05, 4.69) is 9.71 Å². The summed E-state index contributed by atoms with van der Waals surface area (Å²) in [5, 5.41) is 8.66. The zero-order chi connectivity index (χ0) is 15.5. The van der Waals surface area contributed by atoms with Crippen molar-refractivity contribution < 1.29 is 8.42 Å². The van der Waals surface area contributed by atoms with Gasteiger partial charge in [0.1, 0.15) is 16.7 Å². The summed E-state index contributed by atoms with van der Waals surface area (Å²) in [6.07, 6.45) is 1.16. The number of nitrogen functional groups attached to an aromatic ring is 1. The molecule has 2 rings (SSSR count). The van der Waals surface area contributed by atoms with Crippen LogP contribution in [-0.4, -0.2) is 13.4 Å². The number of hydrogen-bond donors (Lipinski definition) is 2. The van der Waals surface area contributed by atoms with Crippen LogP contribution < -0.4 is 10.5 Å². The van der Waals surface area contributed by atoms with Gasteiger partial charge in [0.05, 0.1) is 0 Å². The van der Waals surface area contributed by atoms with Crippen LogP contribution in [0.1, 0.15) is 24.2 Å². The Balaban J connectivity index is 2.20. The molecule has 1 aromatic carbocycles. The van der Waals surface area contributed by atoms with Crippen LogP contribution in [-0.2, 0) is 10.0 Å². The molecular formula is C14H14N4O2S. The second kappa shape index (κ2) is 5.91. The van der Waals surface area contributed by atoms with E-state index < -0.39 is 16.1 Å². The van der Waals surface area contributed by atoms with Gasteiger partial charge in [-0.1, -0.05) is 12.1 Å². The van der Waals surface area contributed by atoms with E-state index in [1.165, 1.54) is 12.1 Å². The van der Waals surface area contributed by atoms with Crippen molar-refractivity contribution in [2.75, 3.05) is 5.73 Å². The minimum absolute atomic E-state index is 0.0174. The van der Waals surface area contributed by atoms with Crippen LogP contribution in [0.15, 0.2) is 47.5 Å². The van der Waals surface area contributed by atoms with Crippen molar-refractivity contribution in [3.8, 4) is 6.07 Å². The molecule has 0 bridgehead atoms. The predicted octanol–water partition coefficient (Wildman–Crippen LogP) is 1.57. The van der Waals surface area contributed by atoms with Crippen molar-refractivity contribution in [2.24, 2.45) is 0 Å². The highest BCUT2D eigenvalue weighted by molar-refractivity contribution is 7.89. The number of nitrogens with one attached hydrogen (secondary N) is 1. The highest BCUT2D eigenvalue weighted by atomic mass is 32.2. The van der Waals surface area contributed by atoms with E-state index in [0.717, 1.165) is 11.8 Å². The molecule has 1 unspecified atom stereocenters. The average Bonchev–Trinajstić information content (AvgIpc) is 2.47. The number of pyridine rings is 1. The number of nitriles is 1. The lowest BCUT2D eigenvalue weighted by Crippen LogP contribution is -2.27. The van der Waals surface area contributed by atoms with E-state index in [9.17, 15) is 8.42 Å². The molecule has 0 saturated carbocycles. The van der Waals surface area contributed by atoms with Gasteiger partial charge in [-0.3, -0.25) is 0 Å². The smallest absolute Gasteiger partial charge is 0.242 e. The fraction of sp³-hybridized carbons (Fsp3) is 0.143. The molecular weight excluding hydrogens is 288 g/mol. The van der Waals surface area contributed by atoms with Crippen LogP contribution in [0.5, 0.6) is 0 Å². The van der Waals surface area contributed by atoms with Crippen LogP contribution in [0, 0.1) is 11.3 Å². The number of aromatic nitrogens is 1. The van der Waals surface area contributed by atoms with Gasteiger partial charge in [-0.25, -0.2) is 18.1 Å². The lowest BCUT2D eigenvalue weighted by atomic mass is 10.1. The van der Waals surface area contributed by atoms with Gasteiger partial charge in [0, 0.05) is 17.9 Å². The second-order valence-corrected chi connectivity index (χ2v) is 6.21. The minimum Gasteiger partial charge on any atom is -0.399 e. The summed E-state index contributed by atoms with van der Waals surface area (Å²) >= 11 is 0. The van der Waals surface area contributed by atoms with Crippen molar-refractivity contribution in [3.05, 3.63) is 53.9 Å². The summed E-state index contributed by atoms with van der Waals surface area (Å²) < 4.78 is 27.0. The minimum atomic E-state index is -3.70. The van der Waals surface area contributed by atoms with Gasteiger partial charge in [0.25, 0.3) is 0 Å². The first-order valence-electron chi connectivity index (χ1n) is 6.16. The second-order valence-electron chi connectivity index (χ2n) is 4.50. The van der Waals surface area contributed by atoms with Gasteiger partial charge in [-0.15, -0.1) is 0 Å². The fourth-order valence-corrected chi connectivity index (χ4v) is 2.94. The Labute approximate surface area is 123 Å². The molecule has 1 aromatic heterocycles. The van der Waals surface area contributed by atoms with Gasteiger partial charge >= 0.3 is 0 Å². The average molecular weight is 302 g/mol. The molecule has 0 aliphatic rings. The highest BCUT2D eigenvalue weighted by Gasteiger charge is 2.18. The topological polar surface area (TPSA) is 109 Å². The third kappa shape index (κ3) is 3.56. The summed E-state index contributed by atoms with van der Waals surface area (Å²) in [7, 11) is -3.70. The Hall–Kier alpha value is -2.43. The first kappa shape index (κ1) is 15.0. The molecule has 1 heterocycles. The summed E-state index contributed by atoms with van der Waals surface area (Å²) in [6, 6.07) is 11.1. The summed E-state index contributed by atoms with van der Waals surface area (Å²) in [6.45, 7) is 1.74. The Morgan fingerprint density at radius 3 is 2.43 bits per heavy atom. The molecule has 21 heavy (non-hydrogen) atoms. The van der Waals surface area contributed by atoms with Gasteiger partial charge in [0.15, 0.2) is 0 Å². The predicted molar refractivity (Wildman–Crippen MR) is 78.5 cm³/mol. The Morgan fingerprint density at radius 1 is 1.24 bits per heavy atom. The summed E-state index contributed by atoms with van der Waals surface area (Å²) in [5.41, 5.74) is 7.18. The molecule has 6 nitrogen and oxygen atoms in total. The maximum absolute atomic E-state index is 12.2. The van der Waals surface area contributed by atoms with E-state index in [1.807, 2.05) is 6.07 Å². The monoisotopic (exact) mass is 302 g/mol. The third-order valence-electron chi connectivity index (χ3n) is 2.93. The van der Waals surface area contributed by atoms with Crippen LogP contribution in [0.25, 0.3) is 0 Å². The number of anilines is 1. The number of nitrogens with zero attached hydrogens (tertiary/aromatic N) is 2. The molecule has 2 aromatic rings. The zero-order valence-electron chi connectivity index (χ0n) is 11.3. The Kier molecular flexibility index (Phi) is 4.21. The van der Waals surface area contributed by atoms with Crippen LogP contribution in [0.3, 0.4) is 0 Å². The normalized spacial score (nSPS) is 12.6. The Morgan fingerprint density at radius 2 is 1.90 bits per heavy atom. The van der Waals surface area contributed by atoms with E-state index in [0.29, 0.717) is 5.69 Å². The number of benzene rings is 1. The third-order valence-corrected chi connectivity index (χ3v) is 4.46. The van der Waals surface area contributed by atoms with Crippen LogP contribution >= 0.6 is 0 Å². The standard InChI is InChI=1S/C14H14N4O2S/c1-10(11-2-4-12(16)5-3-11)18-21(19,20)14-7-6-13(8-15)17-9-14/h2-7,9-10,18H,16H2,1H3. The molecule has 0 radical (unpaired) electrons. The molecule has 0 amide bonds. The largest absolute Gasteiger partial charge is 0.399 e. The molecule has 0 spiro atoms. The van der Waals surface area contributed by atoms with Crippen molar-refractivity contribution in [1.29, 1.82) is 5.26 Å². The van der Waals surface area contributed by atoms with Crippen LogP contribution in [0.2, 0.25) is 0 Å². The maximum Gasteiger partial charge on any atom is 0.242 e. The quantitative estimate of drug-likeness (QED) is 0.833. The fourth-order valence-electron chi connectivity index (χ4n) is 1.76. The molecule has 3 N–H and O–H groups in total. The number of sulfonamides is 1. The molecule has 1 atom stereocenters. The molecule has 7 heteroatoms.